The van der Waals surface area contributed by atoms with Crippen molar-refractivity contribution in [2.45, 2.75) is 32.1 Å². The van der Waals surface area contributed by atoms with E-state index in [0.29, 0.717) is 12.5 Å². The molecule has 0 bridgehead atoms. The molecule has 2 aliphatic rings. The van der Waals surface area contributed by atoms with Crippen LogP contribution in [0.5, 0.6) is 0 Å². The van der Waals surface area contributed by atoms with Gasteiger partial charge in [0.05, 0.1) is 0 Å². The fourth-order valence-electron chi connectivity index (χ4n) is 2.85. The van der Waals surface area contributed by atoms with Gasteiger partial charge in [-0.05, 0) is 50.5 Å². The van der Waals surface area contributed by atoms with Gasteiger partial charge in [-0.2, -0.15) is 0 Å². The molecule has 86 valence electrons. The number of nitrogens with zero attached hydrogens (tertiary/aromatic N) is 1. The molecule has 2 rings (SSSR count). The summed E-state index contributed by atoms with van der Waals surface area (Å²) in [7, 11) is 0. The molecule has 0 saturated carbocycles. The molecule has 2 nitrogen and oxygen atoms in total. The van der Waals surface area contributed by atoms with E-state index in [1.54, 1.807) is 0 Å². The minimum absolute atomic E-state index is 0.376. The largest absolute Gasteiger partial charge is 0.396 e. The molecule has 0 aromatic heterocycles. The summed E-state index contributed by atoms with van der Waals surface area (Å²) >= 11 is 0. The Morgan fingerprint density at radius 3 is 2.87 bits per heavy atom. The van der Waals surface area contributed by atoms with Gasteiger partial charge in [0.15, 0.2) is 0 Å². The highest BCUT2D eigenvalue weighted by atomic mass is 16.3. The quantitative estimate of drug-likeness (QED) is 0.719. The van der Waals surface area contributed by atoms with E-state index in [1.165, 1.54) is 45.2 Å². The molecule has 0 aromatic rings. The van der Waals surface area contributed by atoms with Crippen LogP contribution in [0.3, 0.4) is 0 Å². The monoisotopic (exact) mass is 209 g/mol. The zero-order chi connectivity index (χ0) is 10.5. The van der Waals surface area contributed by atoms with Crippen LogP contribution in [0.4, 0.5) is 0 Å². The summed E-state index contributed by atoms with van der Waals surface area (Å²) in [5.41, 5.74) is 0. The van der Waals surface area contributed by atoms with Crippen LogP contribution in [0.2, 0.25) is 0 Å². The van der Waals surface area contributed by atoms with Gasteiger partial charge in [0.25, 0.3) is 0 Å². The average molecular weight is 209 g/mol. The normalized spacial score (nSPS) is 33.1. The van der Waals surface area contributed by atoms with E-state index in [-0.39, 0.29) is 0 Å². The SMILES string of the molecule is OC[C@H]1CCCN(C[C@H]2CC=CCC2)C1. The zero-order valence-corrected chi connectivity index (χ0v) is 9.57. The molecule has 1 aliphatic heterocycles. The smallest absolute Gasteiger partial charge is 0.0471 e. The molecule has 0 unspecified atom stereocenters. The molecule has 0 spiro atoms. The van der Waals surface area contributed by atoms with Crippen molar-refractivity contribution in [1.82, 2.24) is 4.90 Å². The first kappa shape index (κ1) is 11.2. The second-order valence-electron chi connectivity index (χ2n) is 5.10. The van der Waals surface area contributed by atoms with E-state index >= 15 is 0 Å². The van der Waals surface area contributed by atoms with E-state index in [2.05, 4.69) is 17.1 Å². The number of rotatable bonds is 3. The molecule has 1 aliphatic carbocycles. The lowest BCUT2D eigenvalue weighted by Crippen LogP contribution is -2.39. The Balaban J connectivity index is 1.75. The van der Waals surface area contributed by atoms with Crippen LogP contribution in [0.15, 0.2) is 12.2 Å². The third kappa shape index (κ3) is 3.32. The fourth-order valence-corrected chi connectivity index (χ4v) is 2.85. The van der Waals surface area contributed by atoms with Gasteiger partial charge in [0.2, 0.25) is 0 Å². The van der Waals surface area contributed by atoms with Crippen LogP contribution >= 0.6 is 0 Å². The second kappa shape index (κ2) is 5.66. The Bertz CT molecular complexity index is 215. The first-order valence-corrected chi connectivity index (χ1v) is 6.36. The first-order valence-electron chi connectivity index (χ1n) is 6.36. The Labute approximate surface area is 93.0 Å². The summed E-state index contributed by atoms with van der Waals surface area (Å²) in [4.78, 5) is 2.56. The third-order valence-corrected chi connectivity index (χ3v) is 3.76. The van der Waals surface area contributed by atoms with Crippen LogP contribution in [-0.2, 0) is 0 Å². The maximum absolute atomic E-state index is 9.18. The fraction of sp³-hybridized carbons (Fsp3) is 0.846. The van der Waals surface area contributed by atoms with Crippen molar-refractivity contribution >= 4 is 0 Å². The molecule has 2 atom stereocenters. The third-order valence-electron chi connectivity index (χ3n) is 3.76. The highest BCUT2D eigenvalue weighted by molar-refractivity contribution is 4.91. The Hall–Kier alpha value is -0.340. The number of hydrogen-bond acceptors (Lipinski definition) is 2. The Morgan fingerprint density at radius 2 is 2.13 bits per heavy atom. The van der Waals surface area contributed by atoms with Crippen molar-refractivity contribution in [2.24, 2.45) is 11.8 Å². The van der Waals surface area contributed by atoms with Crippen molar-refractivity contribution in [3.63, 3.8) is 0 Å². The van der Waals surface area contributed by atoms with E-state index in [9.17, 15) is 5.11 Å². The first-order chi connectivity index (χ1) is 7.38. The maximum Gasteiger partial charge on any atom is 0.0471 e. The van der Waals surface area contributed by atoms with Gasteiger partial charge in [-0.25, -0.2) is 0 Å². The summed E-state index contributed by atoms with van der Waals surface area (Å²) in [5.74, 6) is 1.41. The molecule has 1 fully saturated rings. The summed E-state index contributed by atoms with van der Waals surface area (Å²) in [6.45, 7) is 4.00. The number of aliphatic hydroxyl groups excluding tert-OH is 1. The van der Waals surface area contributed by atoms with Crippen LogP contribution in [-0.4, -0.2) is 36.2 Å². The number of hydrogen-bond donors (Lipinski definition) is 1. The topological polar surface area (TPSA) is 23.5 Å². The van der Waals surface area contributed by atoms with Gasteiger partial charge in [0, 0.05) is 19.7 Å². The van der Waals surface area contributed by atoms with Crippen molar-refractivity contribution < 1.29 is 5.11 Å². The molecule has 1 heterocycles. The predicted molar refractivity (Wildman–Crippen MR) is 62.7 cm³/mol. The standard InChI is InChI=1S/C13H23NO/c15-11-13-7-4-8-14(10-13)9-12-5-2-1-3-6-12/h1-2,12-13,15H,3-11H2/t12-,13-/m0/s1. The lowest BCUT2D eigenvalue weighted by molar-refractivity contribution is 0.106. The van der Waals surface area contributed by atoms with Crippen molar-refractivity contribution in [1.29, 1.82) is 0 Å². The number of likely N-dealkylation sites (tertiary alicyclic amines) is 1. The van der Waals surface area contributed by atoms with E-state index in [4.69, 9.17) is 0 Å². The van der Waals surface area contributed by atoms with Crippen LogP contribution < -0.4 is 0 Å². The summed E-state index contributed by atoms with van der Waals surface area (Å²) in [6, 6.07) is 0. The van der Waals surface area contributed by atoms with Gasteiger partial charge >= 0.3 is 0 Å². The Kier molecular flexibility index (Phi) is 4.21. The average Bonchev–Trinajstić information content (AvgIpc) is 2.31. The van der Waals surface area contributed by atoms with Crippen molar-refractivity contribution in [2.75, 3.05) is 26.2 Å². The molecule has 0 amide bonds. The number of piperidine rings is 1. The second-order valence-corrected chi connectivity index (χ2v) is 5.10. The zero-order valence-electron chi connectivity index (χ0n) is 9.57. The molecule has 0 aromatic carbocycles. The van der Waals surface area contributed by atoms with Crippen LogP contribution in [0.1, 0.15) is 32.1 Å². The van der Waals surface area contributed by atoms with E-state index in [1.807, 2.05) is 0 Å². The lowest BCUT2D eigenvalue weighted by atomic mass is 9.92. The van der Waals surface area contributed by atoms with Crippen molar-refractivity contribution in [3.05, 3.63) is 12.2 Å². The van der Waals surface area contributed by atoms with Crippen molar-refractivity contribution in [3.8, 4) is 0 Å². The van der Waals surface area contributed by atoms with Gasteiger partial charge in [-0.1, -0.05) is 12.2 Å². The lowest BCUT2D eigenvalue weighted by Gasteiger charge is -2.34. The highest BCUT2D eigenvalue weighted by Gasteiger charge is 2.21. The maximum atomic E-state index is 9.18. The van der Waals surface area contributed by atoms with E-state index < -0.39 is 0 Å². The summed E-state index contributed by atoms with van der Waals surface area (Å²) < 4.78 is 0. The van der Waals surface area contributed by atoms with Crippen LogP contribution in [0.25, 0.3) is 0 Å². The Morgan fingerprint density at radius 1 is 1.20 bits per heavy atom. The molecule has 2 heteroatoms. The van der Waals surface area contributed by atoms with Gasteiger partial charge < -0.3 is 10.0 Å². The van der Waals surface area contributed by atoms with Crippen LogP contribution in [0, 0.1) is 11.8 Å². The predicted octanol–water partition coefficient (Wildman–Crippen LogP) is 2.05. The highest BCUT2D eigenvalue weighted by Crippen LogP contribution is 2.22. The molecular formula is C13H23NO. The molecule has 0 radical (unpaired) electrons. The van der Waals surface area contributed by atoms with Gasteiger partial charge in [-0.3, -0.25) is 0 Å². The number of aliphatic hydroxyl groups is 1. The van der Waals surface area contributed by atoms with Gasteiger partial charge in [0.1, 0.15) is 0 Å². The molecular weight excluding hydrogens is 186 g/mol. The minimum Gasteiger partial charge on any atom is -0.396 e. The van der Waals surface area contributed by atoms with E-state index in [0.717, 1.165) is 12.5 Å². The van der Waals surface area contributed by atoms with Gasteiger partial charge in [-0.15, -0.1) is 0 Å². The molecule has 1 N–H and O–H groups in total. The summed E-state index contributed by atoms with van der Waals surface area (Å²) in [5, 5.41) is 9.18. The minimum atomic E-state index is 0.376. The number of allylic oxidation sites excluding steroid dienone is 2. The summed E-state index contributed by atoms with van der Waals surface area (Å²) in [6.07, 6.45) is 11.0. The molecule has 1 saturated heterocycles. The molecule has 15 heavy (non-hydrogen) atoms.